The molecule has 0 aromatic carbocycles. The third-order valence-corrected chi connectivity index (χ3v) is 10.8. The molecule has 0 aliphatic carbocycles. The maximum Gasteiger partial charge on any atom is 0.306 e. The molecule has 6 heteroatoms. The molecule has 0 spiro atoms. The molecule has 0 heterocycles. The summed E-state index contributed by atoms with van der Waals surface area (Å²) in [5.41, 5.74) is 0. The zero-order valence-electron chi connectivity index (χ0n) is 36.7. The molecule has 0 saturated heterocycles. The summed E-state index contributed by atoms with van der Waals surface area (Å²) in [6, 6.07) is 0. The quantitative estimate of drug-likeness (QED) is 0.0349. The minimum atomic E-state index is -0.759. The minimum absolute atomic E-state index is 0.0639. The summed E-state index contributed by atoms with van der Waals surface area (Å²) in [5.74, 6) is -0.0584. The highest BCUT2D eigenvalue weighted by Gasteiger charge is 2.19. The molecule has 0 aromatic rings. The largest absolute Gasteiger partial charge is 0.462 e. The van der Waals surface area contributed by atoms with Crippen LogP contribution in [-0.4, -0.2) is 37.2 Å². The Morgan fingerprint density at radius 2 is 0.611 bits per heavy atom. The van der Waals surface area contributed by atoms with Crippen LogP contribution in [0.25, 0.3) is 0 Å². The molecule has 0 aliphatic heterocycles. The van der Waals surface area contributed by atoms with E-state index in [4.69, 9.17) is 14.2 Å². The Kier molecular flexibility index (Phi) is 41.3. The Bertz CT molecular complexity index is 811. The van der Waals surface area contributed by atoms with Crippen LogP contribution in [0.2, 0.25) is 0 Å². The van der Waals surface area contributed by atoms with Crippen LogP contribution >= 0.6 is 0 Å². The van der Waals surface area contributed by atoms with Crippen LogP contribution in [0.5, 0.6) is 0 Å². The van der Waals surface area contributed by atoms with Crippen molar-refractivity contribution in [2.75, 3.05) is 13.2 Å². The second-order valence-corrected chi connectivity index (χ2v) is 16.9. The van der Waals surface area contributed by atoms with Crippen LogP contribution in [0.3, 0.4) is 0 Å². The lowest BCUT2D eigenvalue weighted by atomic mass is 10.0. The number of esters is 3. The smallest absolute Gasteiger partial charge is 0.306 e. The second kappa shape index (κ2) is 42.6. The molecule has 6 nitrogen and oxygen atoms in total. The van der Waals surface area contributed by atoms with E-state index in [1.807, 2.05) is 0 Å². The average molecular weight is 765 g/mol. The summed E-state index contributed by atoms with van der Waals surface area (Å²) < 4.78 is 16.7. The lowest BCUT2D eigenvalue weighted by Gasteiger charge is -2.18. The van der Waals surface area contributed by atoms with E-state index in [-0.39, 0.29) is 31.1 Å². The molecule has 0 rings (SSSR count). The molecule has 0 amide bonds. The summed E-state index contributed by atoms with van der Waals surface area (Å²) in [6.07, 6.45) is 42.4. The van der Waals surface area contributed by atoms with Gasteiger partial charge in [0.25, 0.3) is 0 Å². The van der Waals surface area contributed by atoms with Gasteiger partial charge in [-0.3, -0.25) is 14.4 Å². The van der Waals surface area contributed by atoms with Crippen molar-refractivity contribution in [1.82, 2.24) is 0 Å². The zero-order valence-corrected chi connectivity index (χ0v) is 36.7. The fourth-order valence-electron chi connectivity index (χ4n) is 7.16. The lowest BCUT2D eigenvalue weighted by molar-refractivity contribution is -0.167. The maximum atomic E-state index is 12.7. The summed E-state index contributed by atoms with van der Waals surface area (Å²) in [5, 5.41) is 0. The maximum absolute atomic E-state index is 12.7. The summed E-state index contributed by atoms with van der Waals surface area (Å²) in [4.78, 5) is 37.7. The average Bonchev–Trinajstić information content (AvgIpc) is 3.15. The van der Waals surface area contributed by atoms with Crippen molar-refractivity contribution >= 4 is 17.9 Å². The fraction of sp³-hybridized carbons (Fsp3) is 0.938. The van der Waals surface area contributed by atoms with Gasteiger partial charge in [-0.05, 0) is 25.2 Å². The molecular formula is C48H92O6. The fourth-order valence-corrected chi connectivity index (χ4v) is 7.16. The zero-order chi connectivity index (χ0) is 39.6. The predicted octanol–water partition coefficient (Wildman–Crippen LogP) is 15.1. The molecule has 0 bridgehead atoms. The molecule has 0 saturated carbocycles. The Morgan fingerprint density at radius 3 is 0.907 bits per heavy atom. The van der Waals surface area contributed by atoms with Crippen molar-refractivity contribution in [2.24, 2.45) is 5.92 Å². The predicted molar refractivity (Wildman–Crippen MR) is 229 cm³/mol. The highest BCUT2D eigenvalue weighted by molar-refractivity contribution is 5.71. The number of hydrogen-bond donors (Lipinski definition) is 0. The molecule has 0 radical (unpaired) electrons. The van der Waals surface area contributed by atoms with E-state index in [0.717, 1.165) is 63.7 Å². The SMILES string of the molecule is CCCCCCCCCCCCCCCCCCC(=O)OC[C@H](COC(=O)CCCCCCCCCCC(C)C)OC(=O)CCCCCCCCCCC. The van der Waals surface area contributed by atoms with Gasteiger partial charge in [-0.15, -0.1) is 0 Å². The second-order valence-electron chi connectivity index (χ2n) is 16.9. The van der Waals surface area contributed by atoms with Gasteiger partial charge < -0.3 is 14.2 Å². The minimum Gasteiger partial charge on any atom is -0.462 e. The van der Waals surface area contributed by atoms with Crippen LogP contribution in [0.1, 0.15) is 265 Å². The Morgan fingerprint density at radius 1 is 0.352 bits per heavy atom. The molecule has 1 atom stereocenters. The first-order chi connectivity index (χ1) is 26.4. The highest BCUT2D eigenvalue weighted by atomic mass is 16.6. The van der Waals surface area contributed by atoms with Crippen molar-refractivity contribution in [3.05, 3.63) is 0 Å². The van der Waals surface area contributed by atoms with Gasteiger partial charge in [0.05, 0.1) is 0 Å². The first-order valence-electron chi connectivity index (χ1n) is 23.9. The Labute approximate surface area is 336 Å². The highest BCUT2D eigenvalue weighted by Crippen LogP contribution is 2.16. The molecule has 0 aromatic heterocycles. The van der Waals surface area contributed by atoms with Gasteiger partial charge >= 0.3 is 17.9 Å². The summed E-state index contributed by atoms with van der Waals surface area (Å²) >= 11 is 0. The Balaban J connectivity index is 4.25. The van der Waals surface area contributed by atoms with Gasteiger partial charge in [-0.2, -0.15) is 0 Å². The third-order valence-electron chi connectivity index (χ3n) is 10.8. The molecule has 0 fully saturated rings. The van der Waals surface area contributed by atoms with Crippen molar-refractivity contribution < 1.29 is 28.6 Å². The molecule has 320 valence electrons. The summed E-state index contributed by atoms with van der Waals surface area (Å²) in [6.45, 7) is 8.96. The van der Waals surface area contributed by atoms with E-state index < -0.39 is 6.10 Å². The van der Waals surface area contributed by atoms with E-state index in [9.17, 15) is 14.4 Å². The summed E-state index contributed by atoms with van der Waals surface area (Å²) in [7, 11) is 0. The standard InChI is InChI=1S/C48H92O6/c1-5-7-9-11-13-15-16-17-18-19-20-21-23-27-31-35-39-46(49)52-42-45(54-48(51)41-37-33-29-22-14-12-10-8-6-2)43-53-47(50)40-36-32-28-25-24-26-30-34-38-44(3)4/h44-45H,5-43H2,1-4H3/t45-/m1/s1. The van der Waals surface area contributed by atoms with Crippen LogP contribution in [-0.2, 0) is 28.6 Å². The monoisotopic (exact) mass is 765 g/mol. The first kappa shape index (κ1) is 52.4. The number of ether oxygens (including phenoxy) is 3. The molecule has 0 unspecified atom stereocenters. The van der Waals surface area contributed by atoms with E-state index in [1.54, 1.807) is 0 Å². The van der Waals surface area contributed by atoms with Crippen molar-refractivity contribution in [1.29, 1.82) is 0 Å². The lowest BCUT2D eigenvalue weighted by Crippen LogP contribution is -2.30. The van der Waals surface area contributed by atoms with Gasteiger partial charge in [-0.25, -0.2) is 0 Å². The number of carbonyl (C=O) groups excluding carboxylic acids is 3. The van der Waals surface area contributed by atoms with Crippen LogP contribution < -0.4 is 0 Å². The van der Waals surface area contributed by atoms with Crippen LogP contribution in [0.15, 0.2) is 0 Å². The number of rotatable bonds is 43. The van der Waals surface area contributed by atoms with Crippen LogP contribution in [0.4, 0.5) is 0 Å². The third kappa shape index (κ3) is 41.6. The topological polar surface area (TPSA) is 78.9 Å². The van der Waals surface area contributed by atoms with Gasteiger partial charge in [0, 0.05) is 19.3 Å². The van der Waals surface area contributed by atoms with E-state index in [0.29, 0.717) is 19.3 Å². The normalized spacial score (nSPS) is 11.9. The van der Waals surface area contributed by atoms with Gasteiger partial charge in [0.2, 0.25) is 0 Å². The molecule has 0 N–H and O–H groups in total. The molecule has 54 heavy (non-hydrogen) atoms. The van der Waals surface area contributed by atoms with Gasteiger partial charge in [0.15, 0.2) is 6.10 Å². The van der Waals surface area contributed by atoms with E-state index in [2.05, 4.69) is 27.7 Å². The van der Waals surface area contributed by atoms with E-state index >= 15 is 0 Å². The van der Waals surface area contributed by atoms with Crippen molar-refractivity contribution in [3.63, 3.8) is 0 Å². The Hall–Kier alpha value is -1.59. The van der Waals surface area contributed by atoms with Crippen LogP contribution in [0, 0.1) is 5.92 Å². The molecular weight excluding hydrogens is 673 g/mol. The van der Waals surface area contributed by atoms with Crippen molar-refractivity contribution in [3.8, 4) is 0 Å². The number of unbranched alkanes of at least 4 members (excludes halogenated alkanes) is 30. The number of hydrogen-bond acceptors (Lipinski definition) is 6. The van der Waals surface area contributed by atoms with Gasteiger partial charge in [-0.1, -0.05) is 227 Å². The van der Waals surface area contributed by atoms with E-state index in [1.165, 1.54) is 161 Å². The number of carbonyl (C=O) groups is 3. The molecule has 0 aliphatic rings. The van der Waals surface area contributed by atoms with Gasteiger partial charge in [0.1, 0.15) is 13.2 Å². The van der Waals surface area contributed by atoms with Crippen molar-refractivity contribution in [2.45, 2.75) is 271 Å². The first-order valence-corrected chi connectivity index (χ1v) is 23.9.